The van der Waals surface area contributed by atoms with Crippen LogP contribution in [0.15, 0.2) is 30.3 Å². The van der Waals surface area contributed by atoms with Crippen molar-refractivity contribution in [2.24, 2.45) is 11.8 Å². The van der Waals surface area contributed by atoms with Crippen LogP contribution in [0.2, 0.25) is 0 Å². The number of carboxylic acids is 1. The van der Waals surface area contributed by atoms with Crippen LogP contribution < -0.4 is 4.74 Å². The molecule has 1 aliphatic carbocycles. The lowest BCUT2D eigenvalue weighted by molar-refractivity contribution is -0.150. The third kappa shape index (κ3) is 2.73. The van der Waals surface area contributed by atoms with Crippen molar-refractivity contribution < 1.29 is 19.4 Å². The summed E-state index contributed by atoms with van der Waals surface area (Å²) < 4.78 is 5.45. The third-order valence-corrected chi connectivity index (χ3v) is 4.57. The summed E-state index contributed by atoms with van der Waals surface area (Å²) in [5.41, 5.74) is 0. The number of carboxylic acid groups (broad SMARTS) is 1. The number of ether oxygens (including phenoxy) is 1. The number of amides is 1. The molecule has 1 heterocycles. The van der Waals surface area contributed by atoms with E-state index >= 15 is 0 Å². The quantitative estimate of drug-likeness (QED) is 0.917. The third-order valence-electron chi connectivity index (χ3n) is 4.57. The van der Waals surface area contributed by atoms with Crippen LogP contribution >= 0.6 is 0 Å². The van der Waals surface area contributed by atoms with E-state index in [0.717, 1.165) is 19.3 Å². The largest absolute Gasteiger partial charge is 0.484 e. The number of hydrogen-bond donors (Lipinski definition) is 1. The van der Waals surface area contributed by atoms with Crippen molar-refractivity contribution in [3.63, 3.8) is 0 Å². The van der Waals surface area contributed by atoms with Crippen molar-refractivity contribution in [1.29, 1.82) is 0 Å². The standard InChI is InChI=1S/C16H19NO4/c18-14(10-21-12-6-2-1-3-7-12)17-9-11-5-4-8-13(11)15(17)16(19)20/h1-3,6-7,11,13,15H,4-5,8-10H2,(H,19,20). The van der Waals surface area contributed by atoms with E-state index in [4.69, 9.17) is 4.74 Å². The predicted octanol–water partition coefficient (Wildman–Crippen LogP) is 1.78. The van der Waals surface area contributed by atoms with Gasteiger partial charge in [0.05, 0.1) is 0 Å². The summed E-state index contributed by atoms with van der Waals surface area (Å²) in [4.78, 5) is 25.3. The van der Waals surface area contributed by atoms with Crippen LogP contribution in [-0.2, 0) is 9.59 Å². The molecule has 5 nitrogen and oxygen atoms in total. The van der Waals surface area contributed by atoms with Crippen LogP contribution in [-0.4, -0.2) is 41.1 Å². The van der Waals surface area contributed by atoms with Gasteiger partial charge in [-0.05, 0) is 36.8 Å². The average Bonchev–Trinajstić information content (AvgIpc) is 3.05. The van der Waals surface area contributed by atoms with Gasteiger partial charge in [0, 0.05) is 6.54 Å². The number of hydrogen-bond acceptors (Lipinski definition) is 3. The van der Waals surface area contributed by atoms with Crippen molar-refractivity contribution in [3.8, 4) is 5.75 Å². The van der Waals surface area contributed by atoms with Gasteiger partial charge in [-0.3, -0.25) is 4.79 Å². The molecule has 1 saturated heterocycles. The van der Waals surface area contributed by atoms with Gasteiger partial charge in [0.1, 0.15) is 11.8 Å². The Kier molecular flexibility index (Phi) is 3.82. The lowest BCUT2D eigenvalue weighted by Gasteiger charge is -2.24. The van der Waals surface area contributed by atoms with Crippen LogP contribution in [0.4, 0.5) is 0 Å². The molecule has 2 fully saturated rings. The zero-order valence-electron chi connectivity index (χ0n) is 11.8. The molecule has 1 amide bonds. The van der Waals surface area contributed by atoms with Crippen molar-refractivity contribution >= 4 is 11.9 Å². The molecule has 21 heavy (non-hydrogen) atoms. The number of benzene rings is 1. The van der Waals surface area contributed by atoms with Gasteiger partial charge in [-0.1, -0.05) is 24.6 Å². The second-order valence-electron chi connectivity index (χ2n) is 5.79. The molecule has 5 heteroatoms. The van der Waals surface area contributed by atoms with Crippen LogP contribution in [0, 0.1) is 11.8 Å². The minimum Gasteiger partial charge on any atom is -0.484 e. The van der Waals surface area contributed by atoms with Gasteiger partial charge >= 0.3 is 5.97 Å². The van der Waals surface area contributed by atoms with Crippen molar-refractivity contribution in [2.45, 2.75) is 25.3 Å². The number of carbonyl (C=O) groups excluding carboxylic acids is 1. The topological polar surface area (TPSA) is 66.8 Å². The first-order chi connectivity index (χ1) is 10.2. The first kappa shape index (κ1) is 13.9. The number of para-hydroxylation sites is 1. The molecule has 0 radical (unpaired) electrons. The van der Waals surface area contributed by atoms with E-state index in [2.05, 4.69) is 0 Å². The Morgan fingerprint density at radius 1 is 1.24 bits per heavy atom. The Morgan fingerprint density at radius 3 is 2.71 bits per heavy atom. The number of fused-ring (bicyclic) bond motifs is 1. The van der Waals surface area contributed by atoms with E-state index < -0.39 is 12.0 Å². The highest BCUT2D eigenvalue weighted by atomic mass is 16.5. The summed E-state index contributed by atoms with van der Waals surface area (Å²) >= 11 is 0. The molecule has 0 aromatic heterocycles. The van der Waals surface area contributed by atoms with Crippen LogP contribution in [0.25, 0.3) is 0 Å². The fourth-order valence-electron chi connectivity index (χ4n) is 3.62. The van der Waals surface area contributed by atoms with Gasteiger partial charge in [-0.2, -0.15) is 0 Å². The average molecular weight is 289 g/mol. The first-order valence-corrected chi connectivity index (χ1v) is 7.37. The molecule has 112 valence electrons. The number of rotatable bonds is 4. The van der Waals surface area contributed by atoms with Gasteiger partial charge < -0.3 is 14.7 Å². The van der Waals surface area contributed by atoms with Crippen LogP contribution in [0.5, 0.6) is 5.75 Å². The monoisotopic (exact) mass is 289 g/mol. The van der Waals surface area contributed by atoms with Gasteiger partial charge in [0.15, 0.2) is 6.61 Å². The molecule has 3 rings (SSSR count). The maximum absolute atomic E-state index is 12.3. The van der Waals surface area contributed by atoms with E-state index in [-0.39, 0.29) is 18.4 Å². The zero-order chi connectivity index (χ0) is 14.8. The zero-order valence-corrected chi connectivity index (χ0v) is 11.8. The maximum atomic E-state index is 12.3. The highest BCUT2D eigenvalue weighted by molar-refractivity contribution is 5.85. The van der Waals surface area contributed by atoms with E-state index in [0.29, 0.717) is 18.2 Å². The summed E-state index contributed by atoms with van der Waals surface area (Å²) in [7, 11) is 0. The summed E-state index contributed by atoms with van der Waals surface area (Å²) in [6.45, 7) is 0.450. The smallest absolute Gasteiger partial charge is 0.326 e. The molecule has 1 N–H and O–H groups in total. The summed E-state index contributed by atoms with van der Waals surface area (Å²) in [6.07, 6.45) is 3.00. The molecule has 1 aliphatic heterocycles. The second-order valence-corrected chi connectivity index (χ2v) is 5.79. The van der Waals surface area contributed by atoms with Gasteiger partial charge in [-0.15, -0.1) is 0 Å². The molecule has 1 aromatic rings. The molecular weight excluding hydrogens is 270 g/mol. The highest BCUT2D eigenvalue weighted by Crippen LogP contribution is 2.42. The SMILES string of the molecule is O=C(O)C1C2CCCC2CN1C(=O)COc1ccccc1. The van der Waals surface area contributed by atoms with Gasteiger partial charge in [-0.25, -0.2) is 4.79 Å². The molecule has 0 bridgehead atoms. The van der Waals surface area contributed by atoms with E-state index in [9.17, 15) is 14.7 Å². The number of aliphatic carboxylic acids is 1. The lowest BCUT2D eigenvalue weighted by atomic mass is 9.94. The summed E-state index contributed by atoms with van der Waals surface area (Å²) in [5, 5.41) is 9.43. The van der Waals surface area contributed by atoms with E-state index in [1.165, 1.54) is 4.90 Å². The molecular formula is C16H19NO4. The van der Waals surface area contributed by atoms with Crippen LogP contribution in [0.3, 0.4) is 0 Å². The van der Waals surface area contributed by atoms with Crippen molar-refractivity contribution in [3.05, 3.63) is 30.3 Å². The van der Waals surface area contributed by atoms with Crippen molar-refractivity contribution in [1.82, 2.24) is 4.90 Å². The van der Waals surface area contributed by atoms with Crippen molar-refractivity contribution in [2.75, 3.05) is 13.2 Å². The number of nitrogens with zero attached hydrogens (tertiary/aromatic N) is 1. The predicted molar refractivity (Wildman–Crippen MR) is 75.9 cm³/mol. The Hall–Kier alpha value is -2.04. The van der Waals surface area contributed by atoms with Gasteiger partial charge in [0.25, 0.3) is 5.91 Å². The molecule has 3 unspecified atom stereocenters. The highest BCUT2D eigenvalue weighted by Gasteiger charge is 2.49. The fraction of sp³-hybridized carbons (Fsp3) is 0.500. The minimum atomic E-state index is -0.891. The lowest BCUT2D eigenvalue weighted by Crippen LogP contribution is -2.45. The summed E-state index contributed by atoms with van der Waals surface area (Å²) in [5.74, 6) is -0.0508. The molecule has 1 saturated carbocycles. The minimum absolute atomic E-state index is 0.104. The fourth-order valence-corrected chi connectivity index (χ4v) is 3.62. The van der Waals surface area contributed by atoms with Crippen LogP contribution in [0.1, 0.15) is 19.3 Å². The first-order valence-electron chi connectivity index (χ1n) is 7.37. The van der Waals surface area contributed by atoms with E-state index in [1.54, 1.807) is 12.1 Å². The van der Waals surface area contributed by atoms with Gasteiger partial charge in [0.2, 0.25) is 0 Å². The Balaban J connectivity index is 1.65. The second kappa shape index (κ2) is 5.76. The normalized spacial score (nSPS) is 27.4. The molecule has 3 atom stereocenters. The Bertz CT molecular complexity index is 530. The maximum Gasteiger partial charge on any atom is 0.326 e. The number of likely N-dealkylation sites (tertiary alicyclic amines) is 1. The Morgan fingerprint density at radius 2 is 2.00 bits per heavy atom. The molecule has 1 aromatic carbocycles. The van der Waals surface area contributed by atoms with E-state index in [1.807, 2.05) is 18.2 Å². The molecule has 2 aliphatic rings. The summed E-state index contributed by atoms with van der Waals surface area (Å²) in [6, 6.07) is 8.42. The molecule has 0 spiro atoms. The number of carbonyl (C=O) groups is 2. The Labute approximate surface area is 123 Å².